The van der Waals surface area contributed by atoms with Crippen molar-refractivity contribution in [3.63, 3.8) is 0 Å². The van der Waals surface area contributed by atoms with Gasteiger partial charge in [0.2, 0.25) is 0 Å². The Morgan fingerprint density at radius 3 is 1.61 bits per heavy atom. The maximum absolute atomic E-state index is 2.36. The van der Waals surface area contributed by atoms with Crippen LogP contribution in [0.3, 0.4) is 0 Å². The van der Waals surface area contributed by atoms with Crippen LogP contribution in [-0.2, 0) is 0 Å². The number of hydrogen-bond donors (Lipinski definition) is 0. The van der Waals surface area contributed by atoms with E-state index in [1.165, 1.54) is 51.4 Å². The molecule has 0 bridgehead atoms. The number of rotatable bonds is 9. The Bertz CT molecular complexity index is 137. The van der Waals surface area contributed by atoms with Gasteiger partial charge in [-0.2, -0.15) is 0 Å². The van der Waals surface area contributed by atoms with Crippen LogP contribution in [-0.4, -0.2) is 0 Å². The molecule has 112 valence electrons. The van der Waals surface area contributed by atoms with Gasteiger partial charge in [0.25, 0.3) is 0 Å². The Kier molecular flexibility index (Phi) is 17.0. The average molecular weight is 257 g/mol. The maximum atomic E-state index is 2.36. The molecular formula is C18H40. The summed E-state index contributed by atoms with van der Waals surface area (Å²) >= 11 is 0. The van der Waals surface area contributed by atoms with E-state index in [2.05, 4.69) is 48.5 Å². The van der Waals surface area contributed by atoms with Crippen molar-refractivity contribution in [2.75, 3.05) is 0 Å². The molecule has 0 N–H and O–H groups in total. The van der Waals surface area contributed by atoms with E-state index in [1.807, 2.05) is 0 Å². The van der Waals surface area contributed by atoms with E-state index in [0.717, 1.165) is 17.8 Å². The zero-order valence-corrected chi connectivity index (χ0v) is 14.4. The molecule has 2 unspecified atom stereocenters. The first-order valence-electron chi connectivity index (χ1n) is 8.49. The minimum absolute atomic E-state index is 0.904. The summed E-state index contributed by atoms with van der Waals surface area (Å²) in [7, 11) is 0. The van der Waals surface area contributed by atoms with Crippen molar-refractivity contribution in [1.29, 1.82) is 0 Å². The first-order valence-corrected chi connectivity index (χ1v) is 8.49. The molecule has 0 saturated carbocycles. The van der Waals surface area contributed by atoms with Gasteiger partial charge in [0.15, 0.2) is 0 Å². The summed E-state index contributed by atoms with van der Waals surface area (Å²) in [6.07, 6.45) is 11.1. The van der Waals surface area contributed by atoms with Crippen LogP contribution in [0.5, 0.6) is 0 Å². The van der Waals surface area contributed by atoms with Crippen molar-refractivity contribution in [1.82, 2.24) is 0 Å². The van der Waals surface area contributed by atoms with E-state index >= 15 is 0 Å². The molecule has 0 spiro atoms. The molecule has 0 aromatic heterocycles. The topological polar surface area (TPSA) is 0 Å². The highest BCUT2D eigenvalue weighted by Crippen LogP contribution is 2.18. The molecule has 0 rings (SSSR count). The Hall–Kier alpha value is 0. The van der Waals surface area contributed by atoms with E-state index < -0.39 is 0 Å². The second-order valence-corrected chi connectivity index (χ2v) is 6.39. The molecule has 0 heterocycles. The molecule has 0 amide bonds. The van der Waals surface area contributed by atoms with E-state index in [1.54, 1.807) is 0 Å². The zero-order valence-electron chi connectivity index (χ0n) is 14.4. The fourth-order valence-electron chi connectivity index (χ4n) is 2.12. The van der Waals surface area contributed by atoms with Crippen LogP contribution >= 0.6 is 0 Å². The third kappa shape index (κ3) is 16.0. The average Bonchev–Trinajstić information content (AvgIpc) is 2.34. The molecule has 18 heavy (non-hydrogen) atoms. The molecular weight excluding hydrogens is 216 g/mol. The molecule has 0 aromatic carbocycles. The summed E-state index contributed by atoms with van der Waals surface area (Å²) in [6, 6.07) is 0. The molecule has 0 aliphatic carbocycles. The first kappa shape index (κ1) is 20.3. The van der Waals surface area contributed by atoms with Crippen molar-refractivity contribution >= 4 is 0 Å². The van der Waals surface area contributed by atoms with Gasteiger partial charge in [0.1, 0.15) is 0 Å². The van der Waals surface area contributed by atoms with E-state index in [9.17, 15) is 0 Å². The van der Waals surface area contributed by atoms with E-state index in [4.69, 9.17) is 0 Å². The van der Waals surface area contributed by atoms with Gasteiger partial charge < -0.3 is 0 Å². The van der Waals surface area contributed by atoms with Gasteiger partial charge >= 0.3 is 0 Å². The van der Waals surface area contributed by atoms with Gasteiger partial charge in [-0.1, -0.05) is 99.8 Å². The van der Waals surface area contributed by atoms with Gasteiger partial charge in [-0.25, -0.2) is 0 Å². The lowest BCUT2D eigenvalue weighted by Crippen LogP contribution is -2.05. The predicted octanol–water partition coefficient (Wildman–Crippen LogP) is 7.08. The molecule has 0 saturated heterocycles. The van der Waals surface area contributed by atoms with Crippen molar-refractivity contribution < 1.29 is 0 Å². The Labute approximate surface area is 118 Å². The minimum atomic E-state index is 0.904. The highest BCUT2D eigenvalue weighted by Gasteiger charge is 2.07. The fourth-order valence-corrected chi connectivity index (χ4v) is 2.12. The maximum Gasteiger partial charge on any atom is -0.0417 e. The van der Waals surface area contributed by atoms with Crippen LogP contribution in [0, 0.1) is 17.8 Å². The van der Waals surface area contributed by atoms with Gasteiger partial charge in [-0.15, -0.1) is 0 Å². The van der Waals surface area contributed by atoms with Gasteiger partial charge in [-0.05, 0) is 17.8 Å². The van der Waals surface area contributed by atoms with Crippen LogP contribution in [0.2, 0.25) is 0 Å². The molecule has 0 heteroatoms. The minimum Gasteiger partial charge on any atom is -0.0654 e. The van der Waals surface area contributed by atoms with Crippen LogP contribution in [0.15, 0.2) is 0 Å². The van der Waals surface area contributed by atoms with Crippen LogP contribution in [0.1, 0.15) is 99.8 Å². The highest BCUT2D eigenvalue weighted by molar-refractivity contribution is 4.58. The van der Waals surface area contributed by atoms with Crippen LogP contribution in [0.4, 0.5) is 0 Å². The first-order chi connectivity index (χ1) is 8.49. The van der Waals surface area contributed by atoms with Crippen molar-refractivity contribution in [2.24, 2.45) is 17.8 Å². The highest BCUT2D eigenvalue weighted by atomic mass is 14.1. The lowest BCUT2D eigenvalue weighted by atomic mass is 9.90. The van der Waals surface area contributed by atoms with E-state index in [0.29, 0.717) is 0 Å². The predicted molar refractivity (Wildman–Crippen MR) is 87.1 cm³/mol. The third-order valence-electron chi connectivity index (χ3n) is 3.99. The molecule has 2 atom stereocenters. The summed E-state index contributed by atoms with van der Waals surface area (Å²) < 4.78 is 0. The second kappa shape index (κ2) is 15.1. The van der Waals surface area contributed by atoms with Gasteiger partial charge in [0.05, 0.1) is 0 Å². The smallest absolute Gasteiger partial charge is 0.0417 e. The summed E-state index contributed by atoms with van der Waals surface area (Å²) in [5.41, 5.74) is 0. The summed E-state index contributed by atoms with van der Waals surface area (Å²) in [6.45, 7) is 16.1. The molecule has 0 aromatic rings. The van der Waals surface area contributed by atoms with Crippen molar-refractivity contribution in [3.05, 3.63) is 0 Å². The molecule has 0 nitrogen and oxygen atoms in total. The van der Waals surface area contributed by atoms with Gasteiger partial charge in [-0.3, -0.25) is 0 Å². The van der Waals surface area contributed by atoms with Gasteiger partial charge in [0, 0.05) is 0 Å². The third-order valence-corrected chi connectivity index (χ3v) is 3.99. The van der Waals surface area contributed by atoms with Crippen LogP contribution < -0.4 is 0 Å². The number of unbranched alkanes of at least 4 members (excludes halogenated alkanes) is 3. The van der Waals surface area contributed by atoms with Crippen molar-refractivity contribution in [3.8, 4) is 0 Å². The Balaban J connectivity index is 0. The lowest BCUT2D eigenvalue weighted by Gasteiger charge is -2.16. The zero-order chi connectivity index (χ0) is 14.4. The molecule has 0 aliphatic rings. The van der Waals surface area contributed by atoms with Crippen LogP contribution in [0.25, 0.3) is 0 Å². The fraction of sp³-hybridized carbons (Fsp3) is 1.00. The largest absolute Gasteiger partial charge is 0.0654 e. The molecule has 0 radical (unpaired) electrons. The monoisotopic (exact) mass is 256 g/mol. The Morgan fingerprint density at radius 1 is 0.611 bits per heavy atom. The summed E-state index contributed by atoms with van der Waals surface area (Å²) in [5.74, 6) is 2.76. The normalized spacial score (nSPS) is 14.0. The quantitative estimate of drug-likeness (QED) is 0.387. The Morgan fingerprint density at radius 2 is 1.22 bits per heavy atom. The standard InChI is InChI=1S/2C9H20/c1-5-7-9(4)8(3)6-2;1-4-5-6-7-8-9(2)3/h8-9H,5-7H2,1-4H3;9H,4-8H2,1-3H3. The molecule has 0 fully saturated rings. The summed E-state index contributed by atoms with van der Waals surface area (Å²) in [4.78, 5) is 0. The number of hydrogen-bond acceptors (Lipinski definition) is 0. The molecule has 0 aliphatic heterocycles. The second-order valence-electron chi connectivity index (χ2n) is 6.39. The lowest BCUT2D eigenvalue weighted by molar-refractivity contribution is 0.352. The SMILES string of the molecule is CCCC(C)C(C)CC.CCCCCCC(C)C. The summed E-state index contributed by atoms with van der Waals surface area (Å²) in [5, 5.41) is 0. The van der Waals surface area contributed by atoms with E-state index in [-0.39, 0.29) is 0 Å². The van der Waals surface area contributed by atoms with Crippen molar-refractivity contribution in [2.45, 2.75) is 99.8 Å².